The van der Waals surface area contributed by atoms with E-state index in [1.807, 2.05) is 56.3 Å². The van der Waals surface area contributed by atoms with Crippen LogP contribution in [0.5, 0.6) is 11.5 Å². The molecule has 1 aromatic heterocycles. The Balaban J connectivity index is 0.000000251. The number of carbonyl (C=O) groups excluding carboxylic acids is 1. The standard InChI is InChI=1S/C25H22ClNO3.C12H4Cl2F6N4OS/c1-17(2)24(18-11-13-20(26)14-12-18)25(28)30-23(16-27)19-7-6-10-22(15-19)29-21-8-4-3-5-9-21;13-5-1-4(11(15,16)17)2-6(14)8(5)24-10(22)9(7(3-21)23-24)26(25)12(18,19)20/h3-15,17,23-24H,1-2H3;1-2H,22H2. The second-order valence-electron chi connectivity index (χ2n) is 11.8. The number of nitrogen functional groups attached to an aromatic ring is 1. The number of esters is 1. The molecule has 3 unspecified atom stereocenters. The predicted octanol–water partition coefficient (Wildman–Crippen LogP) is 11.0. The lowest BCUT2D eigenvalue weighted by atomic mass is 9.88. The third-order valence-corrected chi connectivity index (χ3v) is 9.60. The van der Waals surface area contributed by atoms with Crippen molar-refractivity contribution in [2.24, 2.45) is 5.92 Å². The number of aromatic nitrogens is 2. The number of nitrogens with two attached hydrogens (primary N) is 1. The Kier molecular flexibility index (Phi) is 14.2. The van der Waals surface area contributed by atoms with Crippen LogP contribution in [0.25, 0.3) is 5.69 Å². The molecule has 5 aromatic rings. The first-order chi connectivity index (χ1) is 26.3. The quantitative estimate of drug-likeness (QED) is 0.0874. The molecule has 0 saturated carbocycles. The zero-order valence-electron chi connectivity index (χ0n) is 28.7. The second kappa shape index (κ2) is 18.2. The van der Waals surface area contributed by atoms with Gasteiger partial charge in [-0.2, -0.15) is 23.7 Å². The zero-order valence-corrected chi connectivity index (χ0v) is 31.8. The van der Waals surface area contributed by atoms with E-state index in [2.05, 4.69) is 11.2 Å². The van der Waals surface area contributed by atoms with Crippen LogP contribution in [0.4, 0.5) is 32.2 Å². The third-order valence-electron chi connectivity index (χ3n) is 7.57. The van der Waals surface area contributed by atoms with Gasteiger partial charge in [0.05, 0.1) is 21.5 Å². The van der Waals surface area contributed by atoms with Crippen molar-refractivity contribution in [1.82, 2.24) is 9.78 Å². The van der Waals surface area contributed by atoms with Crippen LogP contribution in [0.2, 0.25) is 15.1 Å². The fourth-order valence-corrected chi connectivity index (χ4v) is 6.62. The molecule has 3 atom stereocenters. The van der Waals surface area contributed by atoms with Crippen LogP contribution in [-0.4, -0.2) is 25.8 Å². The summed E-state index contributed by atoms with van der Waals surface area (Å²) in [7, 11) is 0. The first-order valence-electron chi connectivity index (χ1n) is 15.8. The molecule has 0 radical (unpaired) electrons. The summed E-state index contributed by atoms with van der Waals surface area (Å²) in [6.45, 7) is 3.88. The number of nitrogens with zero attached hydrogens (tertiary/aromatic N) is 4. The third kappa shape index (κ3) is 10.6. The maximum absolute atomic E-state index is 13.0. The molecule has 56 heavy (non-hydrogen) atoms. The average Bonchev–Trinajstić information content (AvgIpc) is 3.45. The highest BCUT2D eigenvalue weighted by Gasteiger charge is 2.50. The number of alkyl halides is 6. The number of halogens is 9. The molecule has 0 amide bonds. The highest BCUT2D eigenvalue weighted by molar-refractivity contribution is 7.92. The lowest BCUT2D eigenvalue weighted by Gasteiger charge is -2.22. The second-order valence-corrected chi connectivity index (χ2v) is 14.5. The Morgan fingerprint density at radius 1 is 0.875 bits per heavy atom. The van der Waals surface area contributed by atoms with Crippen molar-refractivity contribution in [2.45, 2.75) is 42.4 Å². The van der Waals surface area contributed by atoms with E-state index < -0.39 is 78.6 Å². The molecule has 0 saturated heterocycles. The molecule has 0 spiro atoms. The fourth-order valence-electron chi connectivity index (χ4n) is 5.08. The lowest BCUT2D eigenvalue weighted by molar-refractivity contribution is -0.150. The Morgan fingerprint density at radius 2 is 1.46 bits per heavy atom. The molecule has 0 aliphatic rings. The smallest absolute Gasteiger partial charge is 0.578 e. The first kappa shape index (κ1) is 43.6. The maximum atomic E-state index is 13.0. The van der Waals surface area contributed by atoms with Crippen molar-refractivity contribution in [1.29, 1.82) is 10.5 Å². The Labute approximate surface area is 333 Å². The van der Waals surface area contributed by atoms with Gasteiger partial charge in [0.15, 0.2) is 5.82 Å². The van der Waals surface area contributed by atoms with Gasteiger partial charge in [-0.1, -0.05) is 91.1 Å². The van der Waals surface area contributed by atoms with E-state index in [0.717, 1.165) is 5.56 Å². The highest BCUT2D eigenvalue weighted by Crippen LogP contribution is 2.41. The van der Waals surface area contributed by atoms with E-state index in [4.69, 9.17) is 55.3 Å². The molecule has 292 valence electrons. The molecule has 1 heterocycles. The zero-order chi connectivity index (χ0) is 41.5. The van der Waals surface area contributed by atoms with Crippen LogP contribution < -0.4 is 10.5 Å². The van der Waals surface area contributed by atoms with Gasteiger partial charge < -0.3 is 19.8 Å². The molecule has 2 N–H and O–H groups in total. The van der Waals surface area contributed by atoms with Crippen molar-refractivity contribution in [3.8, 4) is 29.3 Å². The van der Waals surface area contributed by atoms with Gasteiger partial charge in [0.25, 0.3) is 0 Å². The van der Waals surface area contributed by atoms with Gasteiger partial charge in [-0.3, -0.25) is 4.79 Å². The molecule has 5 rings (SSSR count). The summed E-state index contributed by atoms with van der Waals surface area (Å²) >= 11 is 13.7. The summed E-state index contributed by atoms with van der Waals surface area (Å²) in [6.07, 6.45) is -5.83. The van der Waals surface area contributed by atoms with Crippen molar-refractivity contribution in [2.75, 3.05) is 5.73 Å². The molecular weight excluding hydrogens is 831 g/mol. The minimum Gasteiger partial charge on any atom is -0.604 e. The van der Waals surface area contributed by atoms with Crippen molar-refractivity contribution < 1.29 is 45.2 Å². The first-order valence-corrected chi connectivity index (χ1v) is 18.1. The van der Waals surface area contributed by atoms with Crippen LogP contribution in [-0.2, 0) is 26.9 Å². The van der Waals surface area contributed by atoms with E-state index in [1.165, 1.54) is 6.07 Å². The van der Waals surface area contributed by atoms with E-state index in [9.17, 15) is 41.0 Å². The summed E-state index contributed by atoms with van der Waals surface area (Å²) in [5.74, 6) is -0.613. The summed E-state index contributed by atoms with van der Waals surface area (Å²) in [5, 5.41) is 21.3. The van der Waals surface area contributed by atoms with Gasteiger partial charge in [-0.25, -0.2) is 4.68 Å². The van der Waals surface area contributed by atoms with E-state index in [1.54, 1.807) is 36.4 Å². The number of ether oxygens (including phenoxy) is 2. The van der Waals surface area contributed by atoms with E-state index >= 15 is 0 Å². The number of benzene rings is 4. The molecule has 0 bridgehead atoms. The van der Waals surface area contributed by atoms with E-state index in [-0.39, 0.29) is 5.92 Å². The van der Waals surface area contributed by atoms with Crippen molar-refractivity contribution in [3.63, 3.8) is 0 Å². The van der Waals surface area contributed by atoms with Gasteiger partial charge in [0, 0.05) is 10.6 Å². The number of para-hydroxylation sites is 1. The number of carbonyl (C=O) groups is 1. The van der Waals surface area contributed by atoms with Gasteiger partial charge >= 0.3 is 17.7 Å². The van der Waals surface area contributed by atoms with Gasteiger partial charge in [0.2, 0.25) is 16.7 Å². The largest absolute Gasteiger partial charge is 0.604 e. The van der Waals surface area contributed by atoms with Crippen molar-refractivity contribution >= 4 is 57.8 Å². The maximum Gasteiger partial charge on any atom is 0.578 e. The average molecular weight is 857 g/mol. The molecule has 0 aliphatic heterocycles. The van der Waals surface area contributed by atoms with Crippen LogP contribution in [0.1, 0.15) is 48.3 Å². The number of anilines is 1. The van der Waals surface area contributed by atoms with Crippen LogP contribution in [0.3, 0.4) is 0 Å². The normalized spacial score (nSPS) is 13.1. The Hall–Kier alpha value is -5.10. The van der Waals surface area contributed by atoms with Crippen molar-refractivity contribution in [3.05, 3.63) is 128 Å². The molecule has 0 aliphatic carbocycles. The van der Waals surface area contributed by atoms with Gasteiger partial charge in [0.1, 0.15) is 40.5 Å². The van der Waals surface area contributed by atoms with Crippen LogP contribution in [0, 0.1) is 28.6 Å². The van der Waals surface area contributed by atoms with Gasteiger partial charge in [-0.05, 0) is 60.0 Å². The minimum atomic E-state index is -5.25. The number of hydrogen-bond donors (Lipinski definition) is 1. The van der Waals surface area contributed by atoms with E-state index in [0.29, 0.717) is 38.9 Å². The monoisotopic (exact) mass is 855 g/mol. The fraction of sp³-hybridized carbons (Fsp3) is 0.189. The predicted molar refractivity (Wildman–Crippen MR) is 197 cm³/mol. The molecule has 4 aromatic carbocycles. The van der Waals surface area contributed by atoms with Gasteiger partial charge in [-0.15, -0.1) is 18.3 Å². The molecule has 0 fully saturated rings. The highest BCUT2D eigenvalue weighted by atomic mass is 35.5. The Morgan fingerprint density at radius 3 is 1.98 bits per heavy atom. The lowest BCUT2D eigenvalue weighted by Crippen LogP contribution is -2.24. The van der Waals surface area contributed by atoms with Crippen LogP contribution in [0.15, 0.2) is 95.9 Å². The van der Waals surface area contributed by atoms with Crippen LogP contribution >= 0.6 is 34.8 Å². The summed E-state index contributed by atoms with van der Waals surface area (Å²) in [4.78, 5) is 11.8. The summed E-state index contributed by atoms with van der Waals surface area (Å²) in [5.41, 5.74) is -1.06. The topological polar surface area (TPSA) is 150 Å². The molecule has 19 heteroatoms. The summed E-state index contributed by atoms with van der Waals surface area (Å²) < 4.78 is 99.8. The summed E-state index contributed by atoms with van der Waals surface area (Å²) in [6, 6.07) is 27.7. The SMILES string of the molecule is CC(C)C(C(=O)OC(C#N)c1cccc(Oc2ccccc2)c1)c1ccc(Cl)cc1.N#Cc1nn(-c2c(Cl)cc(C(F)(F)F)cc2Cl)c(N)c1[S+]([O-])C(F)(F)F. The Bertz CT molecular complexity index is 2240. The molecular formula is C37H26Cl3F6N5O4S. The number of hydrogen-bond acceptors (Lipinski definition) is 8. The molecule has 9 nitrogen and oxygen atoms in total. The number of nitriles is 2. The minimum absolute atomic E-state index is 0.00855. The number of rotatable bonds is 9.